The van der Waals surface area contributed by atoms with E-state index in [1.54, 1.807) is 13.0 Å². The van der Waals surface area contributed by atoms with Crippen molar-refractivity contribution in [3.63, 3.8) is 0 Å². The predicted molar refractivity (Wildman–Crippen MR) is 129 cm³/mol. The van der Waals surface area contributed by atoms with E-state index >= 15 is 0 Å². The molecule has 4 rings (SSSR count). The molecule has 1 aliphatic rings. The van der Waals surface area contributed by atoms with Crippen LogP contribution in [0.2, 0.25) is 5.02 Å². The lowest BCUT2D eigenvalue weighted by molar-refractivity contribution is -0.137. The first kappa shape index (κ1) is 26.1. The van der Waals surface area contributed by atoms with Crippen molar-refractivity contribution in [3.05, 3.63) is 80.7 Å². The molecule has 0 bridgehead atoms. The number of carbonyl (C=O) groups excluding carboxylic acids is 2. The van der Waals surface area contributed by atoms with E-state index < -0.39 is 34.7 Å². The van der Waals surface area contributed by atoms with Gasteiger partial charge in [-0.05, 0) is 43.2 Å². The highest BCUT2D eigenvalue weighted by Gasteiger charge is 2.51. The molecule has 2 heterocycles. The lowest BCUT2D eigenvalue weighted by Crippen LogP contribution is -2.49. The van der Waals surface area contributed by atoms with E-state index in [1.807, 2.05) is 0 Å². The van der Waals surface area contributed by atoms with Crippen molar-refractivity contribution >= 4 is 34.8 Å². The molecule has 9 nitrogen and oxygen atoms in total. The summed E-state index contributed by atoms with van der Waals surface area (Å²) in [5, 5.41) is 8.01. The summed E-state index contributed by atoms with van der Waals surface area (Å²) in [5.41, 5.74) is -1.94. The Labute approximate surface area is 213 Å². The Bertz CT molecular complexity index is 1390. The molecule has 0 saturated heterocycles. The third kappa shape index (κ3) is 6.26. The zero-order valence-electron chi connectivity index (χ0n) is 19.5. The normalized spacial score (nSPS) is 14.1. The van der Waals surface area contributed by atoms with Crippen LogP contribution < -0.4 is 21.5 Å². The number of nitrogens with zero attached hydrogens (tertiary/aromatic N) is 2. The van der Waals surface area contributed by atoms with Crippen molar-refractivity contribution in [1.29, 1.82) is 0 Å². The lowest BCUT2D eigenvalue weighted by atomic mass is 10.1. The summed E-state index contributed by atoms with van der Waals surface area (Å²) in [6.45, 7) is 1.82. The minimum atomic E-state index is -4.59. The number of anilines is 2. The number of hydrogen-bond donors (Lipinski definition) is 4. The van der Waals surface area contributed by atoms with Gasteiger partial charge in [0.25, 0.3) is 11.5 Å². The topological polar surface area (TPSA) is 129 Å². The fourth-order valence-corrected chi connectivity index (χ4v) is 3.74. The van der Waals surface area contributed by atoms with Gasteiger partial charge >= 0.3 is 6.18 Å². The van der Waals surface area contributed by atoms with Crippen molar-refractivity contribution in [2.24, 2.45) is 0 Å². The molecule has 1 aliphatic carbocycles. The van der Waals surface area contributed by atoms with E-state index in [4.69, 9.17) is 11.6 Å². The van der Waals surface area contributed by atoms with Crippen molar-refractivity contribution in [1.82, 2.24) is 25.6 Å². The predicted octanol–water partition coefficient (Wildman–Crippen LogP) is 3.72. The molecule has 1 saturated carbocycles. The molecule has 194 valence electrons. The summed E-state index contributed by atoms with van der Waals surface area (Å²) >= 11 is 5.71. The highest BCUT2D eigenvalue weighted by Crippen LogP contribution is 2.38. The molecule has 1 aromatic carbocycles. The second kappa shape index (κ2) is 10.2. The minimum Gasteiger partial charge on any atom is -0.354 e. The number of hydrogen-bond acceptors (Lipinski definition) is 6. The molecule has 0 spiro atoms. The van der Waals surface area contributed by atoms with Crippen LogP contribution in [-0.4, -0.2) is 32.3 Å². The number of aromatic nitrogens is 3. The summed E-state index contributed by atoms with van der Waals surface area (Å²) in [6.07, 6.45) is -1.97. The number of amides is 2. The Balaban J connectivity index is 1.36. The molecule has 1 fully saturated rings. The first-order valence-corrected chi connectivity index (χ1v) is 11.7. The number of aromatic amines is 1. The van der Waals surface area contributed by atoms with Gasteiger partial charge in [-0.3, -0.25) is 19.4 Å². The van der Waals surface area contributed by atoms with Gasteiger partial charge in [0.05, 0.1) is 35.4 Å². The number of halogens is 4. The summed E-state index contributed by atoms with van der Waals surface area (Å²) in [4.78, 5) is 47.9. The number of benzene rings is 1. The number of aryl methyl sites for hydroxylation is 1. The Morgan fingerprint density at radius 2 is 1.92 bits per heavy atom. The molecular formula is C24H22ClF3N6O3. The first-order valence-electron chi connectivity index (χ1n) is 11.3. The van der Waals surface area contributed by atoms with E-state index in [-0.39, 0.29) is 22.9 Å². The van der Waals surface area contributed by atoms with Crippen LogP contribution >= 0.6 is 11.6 Å². The van der Waals surface area contributed by atoms with Crippen LogP contribution in [0.15, 0.2) is 47.4 Å². The number of carbonyl (C=O) groups is 2. The van der Waals surface area contributed by atoms with Gasteiger partial charge in [0.1, 0.15) is 17.1 Å². The van der Waals surface area contributed by atoms with Crippen molar-refractivity contribution in [2.45, 2.75) is 44.4 Å². The Morgan fingerprint density at radius 3 is 2.54 bits per heavy atom. The third-order valence-electron chi connectivity index (χ3n) is 5.72. The standard InChI is InChI=1S/C24H22ClF3N6O3/c1-2-19-32-18(10-20(35)33-19)21(36)34-23(7-8-23)22(37)30-11-14-4-5-15(12-29-14)31-17-6-3-13(25)9-16(17)24(26,27)28/h3-6,9-10,12,31H,2,7-8,11H2,1H3,(H,30,37)(H,34,36)(H,32,33,35). The number of pyridine rings is 1. The summed E-state index contributed by atoms with van der Waals surface area (Å²) in [6, 6.07) is 7.56. The van der Waals surface area contributed by atoms with Crippen molar-refractivity contribution in [2.75, 3.05) is 5.32 Å². The van der Waals surface area contributed by atoms with E-state index in [0.29, 0.717) is 36.5 Å². The van der Waals surface area contributed by atoms with Crippen LogP contribution in [0.4, 0.5) is 24.5 Å². The van der Waals surface area contributed by atoms with Crippen molar-refractivity contribution < 1.29 is 22.8 Å². The van der Waals surface area contributed by atoms with Crippen LogP contribution in [0, 0.1) is 0 Å². The number of nitrogens with one attached hydrogen (secondary N) is 4. The van der Waals surface area contributed by atoms with E-state index in [9.17, 15) is 27.6 Å². The second-order valence-corrected chi connectivity index (χ2v) is 8.94. The molecule has 2 aromatic heterocycles. The molecule has 0 atom stereocenters. The average molecular weight is 535 g/mol. The molecule has 0 aliphatic heterocycles. The molecule has 3 aromatic rings. The smallest absolute Gasteiger partial charge is 0.354 e. The SMILES string of the molecule is CCc1nc(C(=O)NC2(C(=O)NCc3ccc(Nc4ccc(Cl)cc4C(F)(F)F)cn3)CC2)cc(=O)[nH]1. The van der Waals surface area contributed by atoms with E-state index in [1.165, 1.54) is 24.4 Å². The maximum absolute atomic E-state index is 13.3. The van der Waals surface area contributed by atoms with Gasteiger partial charge in [-0.15, -0.1) is 0 Å². The van der Waals surface area contributed by atoms with E-state index in [2.05, 4.69) is 30.9 Å². The summed E-state index contributed by atoms with van der Waals surface area (Å²) in [5.74, 6) is -0.675. The van der Waals surface area contributed by atoms with Crippen LogP contribution in [-0.2, 0) is 23.9 Å². The van der Waals surface area contributed by atoms with E-state index in [0.717, 1.165) is 12.1 Å². The maximum Gasteiger partial charge on any atom is 0.418 e. The van der Waals surface area contributed by atoms with Crippen molar-refractivity contribution in [3.8, 4) is 0 Å². The molecule has 4 N–H and O–H groups in total. The van der Waals surface area contributed by atoms with Gasteiger partial charge in [0.15, 0.2) is 0 Å². The molecule has 2 amide bonds. The zero-order valence-corrected chi connectivity index (χ0v) is 20.3. The van der Waals surface area contributed by atoms with Gasteiger partial charge in [0.2, 0.25) is 5.91 Å². The Morgan fingerprint density at radius 1 is 1.16 bits per heavy atom. The first-order chi connectivity index (χ1) is 17.5. The largest absolute Gasteiger partial charge is 0.418 e. The van der Waals surface area contributed by atoms with Gasteiger partial charge in [-0.1, -0.05) is 18.5 Å². The van der Waals surface area contributed by atoms with Gasteiger partial charge < -0.3 is 20.9 Å². The number of alkyl halides is 3. The molecule has 0 unspecified atom stereocenters. The fourth-order valence-electron chi connectivity index (χ4n) is 3.57. The Kier molecular flexibility index (Phi) is 7.21. The van der Waals surface area contributed by atoms with Gasteiger partial charge in [-0.25, -0.2) is 4.98 Å². The van der Waals surface area contributed by atoms with Crippen LogP contribution in [0.3, 0.4) is 0 Å². The molecule has 0 radical (unpaired) electrons. The molecule has 13 heteroatoms. The maximum atomic E-state index is 13.3. The lowest BCUT2D eigenvalue weighted by Gasteiger charge is -2.17. The average Bonchev–Trinajstić information content (AvgIpc) is 3.64. The van der Waals surface area contributed by atoms with Gasteiger partial charge in [0, 0.05) is 17.5 Å². The summed E-state index contributed by atoms with van der Waals surface area (Å²) in [7, 11) is 0. The fraction of sp³-hybridized carbons (Fsp3) is 0.292. The zero-order chi connectivity index (χ0) is 26.8. The highest BCUT2D eigenvalue weighted by molar-refractivity contribution is 6.30. The molecule has 37 heavy (non-hydrogen) atoms. The minimum absolute atomic E-state index is 0.0360. The third-order valence-corrected chi connectivity index (χ3v) is 5.95. The number of rotatable bonds is 8. The molecular weight excluding hydrogens is 513 g/mol. The monoisotopic (exact) mass is 534 g/mol. The Hall–Kier alpha value is -3.93. The van der Waals surface area contributed by atoms with Crippen LogP contribution in [0.1, 0.15) is 47.3 Å². The highest BCUT2D eigenvalue weighted by atomic mass is 35.5. The second-order valence-electron chi connectivity index (χ2n) is 8.50. The summed E-state index contributed by atoms with van der Waals surface area (Å²) < 4.78 is 39.9. The van der Waals surface area contributed by atoms with Crippen LogP contribution in [0.25, 0.3) is 0 Å². The van der Waals surface area contributed by atoms with Gasteiger partial charge in [-0.2, -0.15) is 13.2 Å². The van der Waals surface area contributed by atoms with Crippen LogP contribution in [0.5, 0.6) is 0 Å². The number of H-pyrrole nitrogens is 1. The quantitative estimate of drug-likeness (QED) is 0.349.